The molecule has 7 heteroatoms. The van der Waals surface area contributed by atoms with Gasteiger partial charge in [0.2, 0.25) is 0 Å². The predicted octanol–water partition coefficient (Wildman–Crippen LogP) is 3.69. The van der Waals surface area contributed by atoms with Gasteiger partial charge < -0.3 is 4.42 Å². The van der Waals surface area contributed by atoms with Crippen LogP contribution in [0.4, 0.5) is 5.69 Å². The van der Waals surface area contributed by atoms with Crippen LogP contribution in [0.15, 0.2) is 82.7 Å². The summed E-state index contributed by atoms with van der Waals surface area (Å²) in [7, 11) is -3.78. The van der Waals surface area contributed by atoms with E-state index in [-0.39, 0.29) is 4.90 Å². The lowest BCUT2D eigenvalue weighted by Crippen LogP contribution is -2.13. The largest absolute Gasteiger partial charge is 0.444 e. The van der Waals surface area contributed by atoms with Crippen LogP contribution in [0.25, 0.3) is 22.2 Å². The number of oxazole rings is 1. The Bertz CT molecular complexity index is 1130. The number of rotatable bonds is 4. The van der Waals surface area contributed by atoms with Gasteiger partial charge in [0.1, 0.15) is 4.90 Å². The Morgan fingerprint density at radius 1 is 1.00 bits per heavy atom. The van der Waals surface area contributed by atoms with E-state index in [1.807, 2.05) is 18.2 Å². The Morgan fingerprint density at radius 2 is 1.84 bits per heavy atom. The number of benzene rings is 2. The molecule has 4 rings (SSSR count). The van der Waals surface area contributed by atoms with Gasteiger partial charge in [0.15, 0.2) is 12.2 Å². The minimum Gasteiger partial charge on any atom is -0.444 e. The van der Waals surface area contributed by atoms with E-state index < -0.39 is 10.0 Å². The molecule has 2 aromatic heterocycles. The van der Waals surface area contributed by atoms with E-state index in [0.717, 1.165) is 10.9 Å². The van der Waals surface area contributed by atoms with E-state index in [1.54, 1.807) is 42.7 Å². The maximum atomic E-state index is 12.8. The van der Waals surface area contributed by atoms with Crippen molar-refractivity contribution in [1.82, 2.24) is 9.97 Å². The first-order valence-corrected chi connectivity index (χ1v) is 8.97. The van der Waals surface area contributed by atoms with E-state index in [0.29, 0.717) is 17.0 Å². The average molecular weight is 351 g/mol. The molecule has 0 unspecified atom stereocenters. The van der Waals surface area contributed by atoms with Crippen LogP contribution in [-0.4, -0.2) is 18.4 Å². The summed E-state index contributed by atoms with van der Waals surface area (Å²) in [5, 5.41) is 0.765. The number of para-hydroxylation sites is 1. The zero-order valence-corrected chi connectivity index (χ0v) is 13.8. The van der Waals surface area contributed by atoms with E-state index >= 15 is 0 Å². The van der Waals surface area contributed by atoms with Crippen LogP contribution in [0.3, 0.4) is 0 Å². The van der Waals surface area contributed by atoms with Crippen molar-refractivity contribution in [2.75, 3.05) is 4.72 Å². The molecule has 1 N–H and O–H groups in total. The Kier molecular flexibility index (Phi) is 3.70. The van der Waals surface area contributed by atoms with Crippen molar-refractivity contribution in [2.24, 2.45) is 0 Å². The van der Waals surface area contributed by atoms with Crippen molar-refractivity contribution in [2.45, 2.75) is 4.90 Å². The fourth-order valence-corrected chi connectivity index (χ4v) is 3.83. The number of nitrogens with zero attached hydrogens (tertiary/aromatic N) is 2. The molecule has 0 aliphatic heterocycles. The standard InChI is InChI=1S/C18H13N3O3S/c22-25(23,17-8-2-4-13-6-3-9-20-18(13)17)21-15-7-1-5-14(10-15)16-11-19-12-24-16/h1-12,21H. The van der Waals surface area contributed by atoms with E-state index in [1.165, 1.54) is 12.5 Å². The fraction of sp³-hybridized carbons (Fsp3) is 0. The molecule has 0 saturated carbocycles. The van der Waals surface area contributed by atoms with Crippen LogP contribution in [0.2, 0.25) is 0 Å². The molecule has 0 radical (unpaired) electrons. The van der Waals surface area contributed by atoms with Gasteiger partial charge in [-0.2, -0.15) is 0 Å². The normalized spacial score (nSPS) is 11.5. The molecule has 0 spiro atoms. The molecule has 0 bridgehead atoms. The van der Waals surface area contributed by atoms with Gasteiger partial charge in [0, 0.05) is 22.8 Å². The van der Waals surface area contributed by atoms with Crippen molar-refractivity contribution >= 4 is 26.6 Å². The highest BCUT2D eigenvalue weighted by Crippen LogP contribution is 2.26. The predicted molar refractivity (Wildman–Crippen MR) is 94.5 cm³/mol. The fourth-order valence-electron chi connectivity index (χ4n) is 2.60. The van der Waals surface area contributed by atoms with Gasteiger partial charge in [-0.25, -0.2) is 13.4 Å². The van der Waals surface area contributed by atoms with Crippen LogP contribution in [0, 0.1) is 0 Å². The second-order valence-electron chi connectivity index (χ2n) is 5.38. The summed E-state index contributed by atoms with van der Waals surface area (Å²) in [6.45, 7) is 0. The first-order valence-electron chi connectivity index (χ1n) is 7.49. The zero-order valence-electron chi connectivity index (χ0n) is 13.0. The molecule has 0 amide bonds. The number of anilines is 1. The van der Waals surface area contributed by atoms with Crippen LogP contribution in [0.1, 0.15) is 0 Å². The van der Waals surface area contributed by atoms with Gasteiger partial charge in [-0.3, -0.25) is 9.71 Å². The molecule has 25 heavy (non-hydrogen) atoms. The van der Waals surface area contributed by atoms with Crippen LogP contribution in [-0.2, 0) is 10.0 Å². The van der Waals surface area contributed by atoms with Crippen molar-refractivity contribution < 1.29 is 12.8 Å². The number of fused-ring (bicyclic) bond motifs is 1. The molecule has 0 saturated heterocycles. The lowest BCUT2D eigenvalue weighted by Gasteiger charge is -2.10. The summed E-state index contributed by atoms with van der Waals surface area (Å²) in [5.41, 5.74) is 1.60. The summed E-state index contributed by atoms with van der Waals surface area (Å²) in [5.74, 6) is 0.563. The summed E-state index contributed by atoms with van der Waals surface area (Å²) >= 11 is 0. The minimum atomic E-state index is -3.78. The number of nitrogens with one attached hydrogen (secondary N) is 1. The minimum absolute atomic E-state index is 0.135. The topological polar surface area (TPSA) is 85.1 Å². The van der Waals surface area contributed by atoms with Gasteiger partial charge in [-0.05, 0) is 24.3 Å². The Labute approximate surface area is 144 Å². The highest BCUT2D eigenvalue weighted by atomic mass is 32.2. The Hall–Kier alpha value is -3.19. The molecule has 0 aliphatic rings. The van der Waals surface area contributed by atoms with E-state index in [9.17, 15) is 8.42 Å². The van der Waals surface area contributed by atoms with Crippen molar-refractivity contribution in [1.29, 1.82) is 0 Å². The third-order valence-corrected chi connectivity index (χ3v) is 5.13. The molecule has 2 heterocycles. The molecule has 4 aromatic rings. The SMILES string of the molecule is O=S(=O)(Nc1cccc(-c2cnco2)c1)c1cccc2cccnc12. The molecule has 0 fully saturated rings. The third-order valence-electron chi connectivity index (χ3n) is 3.72. The third kappa shape index (κ3) is 2.97. The number of sulfonamides is 1. The molecular weight excluding hydrogens is 338 g/mol. The van der Waals surface area contributed by atoms with Gasteiger partial charge in [0.25, 0.3) is 10.0 Å². The Morgan fingerprint density at radius 3 is 2.68 bits per heavy atom. The summed E-state index contributed by atoms with van der Waals surface area (Å²) < 4.78 is 33.5. The van der Waals surface area contributed by atoms with E-state index in [2.05, 4.69) is 14.7 Å². The average Bonchev–Trinajstić information content (AvgIpc) is 3.16. The maximum Gasteiger partial charge on any atom is 0.264 e. The second kappa shape index (κ2) is 6.03. The molecule has 0 atom stereocenters. The second-order valence-corrected chi connectivity index (χ2v) is 7.03. The number of hydrogen-bond acceptors (Lipinski definition) is 5. The van der Waals surface area contributed by atoms with Gasteiger partial charge in [-0.1, -0.05) is 30.3 Å². The van der Waals surface area contributed by atoms with Gasteiger partial charge >= 0.3 is 0 Å². The molecular formula is C18H13N3O3S. The summed E-state index contributed by atoms with van der Waals surface area (Å²) in [4.78, 5) is 8.21. The Balaban J connectivity index is 1.73. The lowest BCUT2D eigenvalue weighted by molar-refractivity contribution is 0.572. The number of aromatic nitrogens is 2. The number of hydrogen-bond donors (Lipinski definition) is 1. The summed E-state index contributed by atoms with van der Waals surface area (Å²) in [6.07, 6.45) is 4.47. The molecule has 124 valence electrons. The van der Waals surface area contributed by atoms with E-state index in [4.69, 9.17) is 4.42 Å². The van der Waals surface area contributed by atoms with Crippen LogP contribution in [0.5, 0.6) is 0 Å². The lowest BCUT2D eigenvalue weighted by atomic mass is 10.2. The van der Waals surface area contributed by atoms with Gasteiger partial charge in [0.05, 0.1) is 11.7 Å². The van der Waals surface area contributed by atoms with Crippen molar-refractivity contribution in [3.8, 4) is 11.3 Å². The quantitative estimate of drug-likeness (QED) is 0.606. The first-order chi connectivity index (χ1) is 12.1. The van der Waals surface area contributed by atoms with Gasteiger partial charge in [-0.15, -0.1) is 0 Å². The van der Waals surface area contributed by atoms with Crippen LogP contribution >= 0.6 is 0 Å². The number of pyridine rings is 1. The van der Waals surface area contributed by atoms with Crippen molar-refractivity contribution in [3.05, 3.63) is 73.4 Å². The molecule has 2 aromatic carbocycles. The summed E-state index contributed by atoms with van der Waals surface area (Å²) in [6, 6.07) is 15.6. The zero-order chi connectivity index (χ0) is 17.3. The molecule has 6 nitrogen and oxygen atoms in total. The highest BCUT2D eigenvalue weighted by Gasteiger charge is 2.18. The van der Waals surface area contributed by atoms with Crippen molar-refractivity contribution in [3.63, 3.8) is 0 Å². The highest BCUT2D eigenvalue weighted by molar-refractivity contribution is 7.93. The first kappa shape index (κ1) is 15.3. The molecule has 0 aliphatic carbocycles. The maximum absolute atomic E-state index is 12.8. The van der Waals surface area contributed by atoms with Crippen LogP contribution < -0.4 is 4.72 Å². The smallest absolute Gasteiger partial charge is 0.264 e. The monoisotopic (exact) mass is 351 g/mol.